The molecule has 1 heterocycles. The van der Waals surface area contributed by atoms with Crippen LogP contribution >= 0.6 is 0 Å². The Morgan fingerprint density at radius 2 is 1.92 bits per heavy atom. The van der Waals surface area contributed by atoms with Crippen molar-refractivity contribution < 1.29 is 28.7 Å². The minimum atomic E-state index is -0.633. The molecule has 1 amide bonds. The summed E-state index contributed by atoms with van der Waals surface area (Å²) in [6.45, 7) is 1.80. The summed E-state index contributed by atoms with van der Waals surface area (Å²) in [6, 6.07) is 2.17. The van der Waals surface area contributed by atoms with Gasteiger partial charge < -0.3 is 19.1 Å². The molecular formula is C16H20N2O7. The summed E-state index contributed by atoms with van der Waals surface area (Å²) in [5, 5.41) is 11.4. The van der Waals surface area contributed by atoms with Crippen LogP contribution in [0.2, 0.25) is 0 Å². The first-order valence-electron chi connectivity index (χ1n) is 7.73. The van der Waals surface area contributed by atoms with Gasteiger partial charge in [0.05, 0.1) is 31.3 Å². The van der Waals surface area contributed by atoms with Gasteiger partial charge in [-0.2, -0.15) is 0 Å². The zero-order chi connectivity index (χ0) is 18.6. The number of ether oxygens (including phenoxy) is 3. The normalized spacial score (nSPS) is 16.4. The number of likely N-dealkylation sites (tertiary alicyclic amines) is 1. The quantitative estimate of drug-likeness (QED) is 0.436. The third-order valence-corrected chi connectivity index (χ3v) is 4.05. The van der Waals surface area contributed by atoms with Crippen LogP contribution in [0.4, 0.5) is 5.69 Å². The van der Waals surface area contributed by atoms with Crippen LogP contribution in [0, 0.1) is 10.1 Å². The van der Waals surface area contributed by atoms with E-state index in [4.69, 9.17) is 14.2 Å². The Balaban J connectivity index is 2.36. The van der Waals surface area contributed by atoms with Crippen LogP contribution in [0.25, 0.3) is 0 Å². The molecule has 25 heavy (non-hydrogen) atoms. The van der Waals surface area contributed by atoms with E-state index in [9.17, 15) is 19.7 Å². The highest BCUT2D eigenvalue weighted by Crippen LogP contribution is 2.36. The first kappa shape index (κ1) is 18.5. The molecule has 136 valence electrons. The van der Waals surface area contributed by atoms with Gasteiger partial charge in [-0.05, 0) is 12.8 Å². The summed E-state index contributed by atoms with van der Waals surface area (Å²) in [6.07, 6.45) is 1.40. The topological polar surface area (TPSA) is 108 Å². The SMILES string of the molecule is COc1cc(C(=O)N2CCC[C@H]2COC(C)=O)c([N+](=O)[O-])cc1OC. The van der Waals surface area contributed by atoms with Gasteiger partial charge in [0, 0.05) is 19.5 Å². The fourth-order valence-corrected chi connectivity index (χ4v) is 2.84. The third kappa shape index (κ3) is 3.98. The first-order valence-corrected chi connectivity index (χ1v) is 7.73. The lowest BCUT2D eigenvalue weighted by atomic mass is 10.1. The highest BCUT2D eigenvalue weighted by atomic mass is 16.6. The van der Waals surface area contributed by atoms with Crippen molar-refractivity contribution in [1.82, 2.24) is 4.90 Å². The van der Waals surface area contributed by atoms with Gasteiger partial charge >= 0.3 is 5.97 Å². The average molecular weight is 352 g/mol. The Morgan fingerprint density at radius 1 is 1.28 bits per heavy atom. The van der Waals surface area contributed by atoms with Gasteiger partial charge in [0.1, 0.15) is 12.2 Å². The molecule has 2 rings (SSSR count). The smallest absolute Gasteiger partial charge is 0.302 e. The summed E-state index contributed by atoms with van der Waals surface area (Å²) in [5.41, 5.74) is -0.446. The second-order valence-corrected chi connectivity index (χ2v) is 5.58. The van der Waals surface area contributed by atoms with Gasteiger partial charge in [0.15, 0.2) is 11.5 Å². The lowest BCUT2D eigenvalue weighted by Gasteiger charge is -2.24. The van der Waals surface area contributed by atoms with Crippen molar-refractivity contribution in [1.29, 1.82) is 0 Å². The molecule has 9 heteroatoms. The zero-order valence-electron chi connectivity index (χ0n) is 14.3. The van der Waals surface area contributed by atoms with Gasteiger partial charge in [-0.1, -0.05) is 0 Å². The molecule has 9 nitrogen and oxygen atoms in total. The molecule has 0 saturated carbocycles. The van der Waals surface area contributed by atoms with Gasteiger partial charge in [0.25, 0.3) is 11.6 Å². The molecule has 0 aliphatic carbocycles. The molecule has 0 unspecified atom stereocenters. The predicted molar refractivity (Wildman–Crippen MR) is 86.9 cm³/mol. The second kappa shape index (κ2) is 7.82. The largest absolute Gasteiger partial charge is 0.493 e. The minimum absolute atomic E-state index is 0.0716. The van der Waals surface area contributed by atoms with E-state index in [1.54, 1.807) is 0 Å². The molecule has 0 radical (unpaired) electrons. The fraction of sp³-hybridized carbons (Fsp3) is 0.500. The number of nitro groups is 1. The van der Waals surface area contributed by atoms with E-state index in [0.29, 0.717) is 13.0 Å². The van der Waals surface area contributed by atoms with Crippen molar-refractivity contribution in [2.45, 2.75) is 25.8 Å². The molecule has 0 bridgehead atoms. The number of methoxy groups -OCH3 is 2. The van der Waals surface area contributed by atoms with Crippen LogP contribution < -0.4 is 9.47 Å². The summed E-state index contributed by atoms with van der Waals surface area (Å²) in [5.74, 6) is -0.533. The number of hydrogen-bond donors (Lipinski definition) is 0. The van der Waals surface area contributed by atoms with Crippen LogP contribution in [0.15, 0.2) is 12.1 Å². The fourth-order valence-electron chi connectivity index (χ4n) is 2.84. The highest BCUT2D eigenvalue weighted by Gasteiger charge is 2.34. The van der Waals surface area contributed by atoms with Crippen molar-refractivity contribution in [2.24, 2.45) is 0 Å². The maximum absolute atomic E-state index is 12.9. The van der Waals surface area contributed by atoms with E-state index < -0.39 is 16.8 Å². The van der Waals surface area contributed by atoms with Crippen molar-refractivity contribution >= 4 is 17.6 Å². The number of rotatable bonds is 6. The Bertz CT molecular complexity index is 689. The van der Waals surface area contributed by atoms with Crippen LogP contribution in [0.5, 0.6) is 11.5 Å². The number of nitrogens with zero attached hydrogens (tertiary/aromatic N) is 2. The van der Waals surface area contributed by atoms with Gasteiger partial charge in [0.2, 0.25) is 0 Å². The van der Waals surface area contributed by atoms with Gasteiger partial charge in [-0.25, -0.2) is 0 Å². The summed E-state index contributed by atoms with van der Waals surface area (Å²) in [7, 11) is 2.75. The molecule has 1 saturated heterocycles. The Morgan fingerprint density at radius 3 is 2.48 bits per heavy atom. The van der Waals surface area contributed by atoms with E-state index in [2.05, 4.69) is 0 Å². The van der Waals surface area contributed by atoms with E-state index in [0.717, 1.165) is 6.42 Å². The zero-order valence-corrected chi connectivity index (χ0v) is 14.3. The van der Waals surface area contributed by atoms with Crippen LogP contribution in [0.1, 0.15) is 30.1 Å². The number of hydrogen-bond acceptors (Lipinski definition) is 7. The maximum atomic E-state index is 12.9. The van der Waals surface area contributed by atoms with Crippen molar-refractivity contribution in [3.63, 3.8) is 0 Å². The average Bonchev–Trinajstić information content (AvgIpc) is 3.06. The predicted octanol–water partition coefficient (Wildman–Crippen LogP) is 1.78. The molecule has 1 aromatic rings. The highest BCUT2D eigenvalue weighted by molar-refractivity contribution is 5.99. The van der Waals surface area contributed by atoms with E-state index >= 15 is 0 Å². The van der Waals surface area contributed by atoms with E-state index in [-0.39, 0.29) is 35.4 Å². The summed E-state index contributed by atoms with van der Waals surface area (Å²) < 4.78 is 15.2. The lowest BCUT2D eigenvalue weighted by molar-refractivity contribution is -0.385. The van der Waals surface area contributed by atoms with Crippen molar-refractivity contribution in [3.8, 4) is 11.5 Å². The van der Waals surface area contributed by atoms with Crippen molar-refractivity contribution in [3.05, 3.63) is 27.8 Å². The number of benzene rings is 1. The van der Waals surface area contributed by atoms with Gasteiger partial charge in [-0.3, -0.25) is 19.7 Å². The molecule has 0 aromatic heterocycles. The molecule has 1 aromatic carbocycles. The Hall–Kier alpha value is -2.84. The Labute approximate surface area is 144 Å². The molecule has 0 spiro atoms. The standard InChI is InChI=1S/C16H20N2O7/c1-10(19)25-9-11-5-4-6-17(11)16(20)12-7-14(23-2)15(24-3)8-13(12)18(21)22/h7-8,11H,4-6,9H2,1-3H3/t11-/m0/s1. The summed E-state index contributed by atoms with van der Waals surface area (Å²) in [4.78, 5) is 36.1. The number of carbonyl (C=O) groups is 2. The number of amides is 1. The molecular weight excluding hydrogens is 332 g/mol. The first-order chi connectivity index (χ1) is 11.9. The number of esters is 1. The molecule has 1 fully saturated rings. The lowest BCUT2D eigenvalue weighted by Crippen LogP contribution is -2.39. The Kier molecular flexibility index (Phi) is 5.79. The van der Waals surface area contributed by atoms with Crippen LogP contribution in [-0.2, 0) is 9.53 Å². The number of nitro benzene ring substituents is 1. The summed E-state index contributed by atoms with van der Waals surface area (Å²) >= 11 is 0. The van der Waals surface area contributed by atoms with E-state index in [1.807, 2.05) is 0 Å². The maximum Gasteiger partial charge on any atom is 0.302 e. The number of carbonyl (C=O) groups excluding carboxylic acids is 2. The molecule has 1 atom stereocenters. The van der Waals surface area contributed by atoms with Crippen molar-refractivity contribution in [2.75, 3.05) is 27.4 Å². The minimum Gasteiger partial charge on any atom is -0.493 e. The monoisotopic (exact) mass is 352 g/mol. The van der Waals surface area contributed by atoms with Crippen LogP contribution in [0.3, 0.4) is 0 Å². The molecule has 1 aliphatic rings. The van der Waals surface area contributed by atoms with Gasteiger partial charge in [-0.15, -0.1) is 0 Å². The third-order valence-electron chi connectivity index (χ3n) is 4.05. The second-order valence-electron chi connectivity index (χ2n) is 5.58. The van der Waals surface area contributed by atoms with Crippen LogP contribution in [-0.4, -0.2) is 55.1 Å². The molecule has 1 aliphatic heterocycles. The molecule has 0 N–H and O–H groups in total. The van der Waals surface area contributed by atoms with E-state index in [1.165, 1.54) is 38.2 Å².